The minimum atomic E-state index is -0.585. The molecular weight excluding hydrogens is 426 g/mol. The second-order valence-electron chi connectivity index (χ2n) is 8.30. The highest BCUT2D eigenvalue weighted by atomic mass is 19.1. The fourth-order valence-electron chi connectivity index (χ4n) is 4.49. The highest BCUT2D eigenvalue weighted by Crippen LogP contribution is 2.40. The zero-order valence-electron chi connectivity index (χ0n) is 18.0. The van der Waals surface area contributed by atoms with Crippen LogP contribution in [0.15, 0.2) is 48.7 Å². The first-order valence-corrected chi connectivity index (χ1v) is 11.1. The molecule has 0 saturated carbocycles. The molecule has 0 radical (unpaired) electrons. The number of hydrogen-bond donors (Lipinski definition) is 2. The summed E-state index contributed by atoms with van der Waals surface area (Å²) in [6, 6.07) is 10.3. The lowest BCUT2D eigenvalue weighted by Gasteiger charge is -2.28. The van der Waals surface area contributed by atoms with Crippen LogP contribution < -0.4 is 15.1 Å². The molecule has 33 heavy (non-hydrogen) atoms. The fraction of sp³-hybridized carbons (Fsp3) is 0.280. The van der Waals surface area contributed by atoms with Crippen LogP contribution in [0.1, 0.15) is 12.8 Å². The van der Waals surface area contributed by atoms with Gasteiger partial charge in [0.15, 0.2) is 0 Å². The van der Waals surface area contributed by atoms with Crippen molar-refractivity contribution >= 4 is 17.4 Å². The van der Waals surface area contributed by atoms with E-state index < -0.39 is 11.6 Å². The molecule has 0 aliphatic carbocycles. The average molecular weight is 450 g/mol. The smallest absolute Gasteiger partial charge is 0.227 e. The predicted molar refractivity (Wildman–Crippen MR) is 123 cm³/mol. The molecule has 2 aliphatic rings. The Hall–Kier alpha value is -3.52. The summed E-state index contributed by atoms with van der Waals surface area (Å²) in [7, 11) is 0. The number of nitrogens with zero attached hydrogens (tertiary/aromatic N) is 3. The van der Waals surface area contributed by atoms with Gasteiger partial charge in [-0.25, -0.2) is 13.8 Å². The van der Waals surface area contributed by atoms with E-state index in [9.17, 15) is 18.7 Å². The number of phenolic OH excluding ortho intramolecular Hbond substituents is 1. The van der Waals surface area contributed by atoms with Gasteiger partial charge in [0.2, 0.25) is 5.91 Å². The molecule has 0 spiro atoms. The number of piperazine rings is 1. The lowest BCUT2D eigenvalue weighted by atomic mass is 9.97. The van der Waals surface area contributed by atoms with Crippen LogP contribution in [0.2, 0.25) is 0 Å². The third-order valence-electron chi connectivity index (χ3n) is 6.20. The Bertz CT molecular complexity index is 1210. The van der Waals surface area contributed by atoms with E-state index >= 15 is 0 Å². The highest BCUT2D eigenvalue weighted by molar-refractivity contribution is 5.96. The summed E-state index contributed by atoms with van der Waals surface area (Å²) in [5, 5.41) is 14.3. The van der Waals surface area contributed by atoms with Crippen LogP contribution in [-0.4, -0.2) is 48.7 Å². The van der Waals surface area contributed by atoms with Crippen molar-refractivity contribution in [3.8, 4) is 28.0 Å². The second-order valence-corrected chi connectivity index (χ2v) is 8.30. The summed E-state index contributed by atoms with van der Waals surface area (Å²) in [5.74, 6) is -0.630. The van der Waals surface area contributed by atoms with Gasteiger partial charge in [-0.2, -0.15) is 0 Å². The maximum atomic E-state index is 14.9. The van der Waals surface area contributed by atoms with Crippen molar-refractivity contribution in [1.29, 1.82) is 0 Å². The van der Waals surface area contributed by atoms with Gasteiger partial charge in [-0.15, -0.1) is 0 Å². The Morgan fingerprint density at radius 1 is 0.939 bits per heavy atom. The number of amides is 1. The van der Waals surface area contributed by atoms with Gasteiger partial charge in [0, 0.05) is 56.5 Å². The number of pyridine rings is 1. The van der Waals surface area contributed by atoms with E-state index in [1.165, 1.54) is 29.2 Å². The molecule has 0 atom stereocenters. The van der Waals surface area contributed by atoms with Gasteiger partial charge in [-0.1, -0.05) is 6.07 Å². The molecule has 3 heterocycles. The first kappa shape index (κ1) is 21.3. The van der Waals surface area contributed by atoms with E-state index in [1.54, 1.807) is 18.3 Å². The Morgan fingerprint density at radius 3 is 2.33 bits per heavy atom. The molecule has 8 heteroatoms. The predicted octanol–water partition coefficient (Wildman–Crippen LogP) is 3.94. The molecule has 2 aromatic carbocycles. The molecule has 2 aliphatic heterocycles. The number of aromatic hydroxyl groups is 1. The zero-order chi connectivity index (χ0) is 22.9. The van der Waals surface area contributed by atoms with Crippen LogP contribution in [0.25, 0.3) is 22.3 Å². The van der Waals surface area contributed by atoms with Crippen LogP contribution >= 0.6 is 0 Å². The summed E-state index contributed by atoms with van der Waals surface area (Å²) in [6.07, 6.45) is 2.73. The van der Waals surface area contributed by atoms with Crippen LogP contribution in [-0.2, 0) is 4.79 Å². The summed E-state index contributed by atoms with van der Waals surface area (Å²) in [6.45, 7) is 3.80. The third kappa shape index (κ3) is 4.14. The molecule has 0 unspecified atom stereocenters. The van der Waals surface area contributed by atoms with Crippen LogP contribution in [0, 0.1) is 11.6 Å². The van der Waals surface area contributed by atoms with Gasteiger partial charge in [0.25, 0.3) is 0 Å². The first-order chi connectivity index (χ1) is 16.0. The monoisotopic (exact) mass is 450 g/mol. The van der Waals surface area contributed by atoms with Crippen molar-refractivity contribution in [1.82, 2.24) is 10.3 Å². The van der Waals surface area contributed by atoms with Crippen molar-refractivity contribution in [3.63, 3.8) is 0 Å². The van der Waals surface area contributed by atoms with Crippen molar-refractivity contribution in [2.45, 2.75) is 12.8 Å². The number of rotatable bonds is 4. The number of hydrogen-bond acceptors (Lipinski definition) is 5. The fourth-order valence-corrected chi connectivity index (χ4v) is 4.49. The molecule has 170 valence electrons. The van der Waals surface area contributed by atoms with Crippen LogP contribution in [0.5, 0.6) is 5.75 Å². The number of anilines is 2. The molecule has 1 aromatic heterocycles. The molecule has 2 saturated heterocycles. The maximum absolute atomic E-state index is 14.9. The van der Waals surface area contributed by atoms with E-state index in [2.05, 4.69) is 15.2 Å². The number of carbonyl (C=O) groups excluding carboxylic acids is 1. The minimum absolute atomic E-state index is 0.115. The lowest BCUT2D eigenvalue weighted by Crippen LogP contribution is -2.43. The number of aromatic nitrogens is 1. The highest BCUT2D eigenvalue weighted by Gasteiger charge is 2.25. The summed E-state index contributed by atoms with van der Waals surface area (Å²) < 4.78 is 29.5. The largest absolute Gasteiger partial charge is 0.507 e. The lowest BCUT2D eigenvalue weighted by molar-refractivity contribution is -0.117. The Labute approximate surface area is 190 Å². The van der Waals surface area contributed by atoms with Gasteiger partial charge in [0.1, 0.15) is 23.2 Å². The molecule has 2 fully saturated rings. The molecule has 2 N–H and O–H groups in total. The molecule has 5 rings (SSSR count). The normalized spacial score (nSPS) is 16.5. The molecule has 3 aromatic rings. The van der Waals surface area contributed by atoms with Gasteiger partial charge in [-0.3, -0.25) is 4.79 Å². The number of carbonyl (C=O) groups is 1. The maximum Gasteiger partial charge on any atom is 0.227 e. The Morgan fingerprint density at radius 2 is 1.67 bits per heavy atom. The summed E-state index contributed by atoms with van der Waals surface area (Å²) in [5.41, 5.74) is 1.65. The van der Waals surface area contributed by atoms with E-state index in [4.69, 9.17) is 0 Å². The summed E-state index contributed by atoms with van der Waals surface area (Å²) >= 11 is 0. The minimum Gasteiger partial charge on any atom is -0.507 e. The Balaban J connectivity index is 1.52. The van der Waals surface area contributed by atoms with E-state index in [-0.39, 0.29) is 22.9 Å². The molecule has 0 bridgehead atoms. The van der Waals surface area contributed by atoms with Crippen molar-refractivity contribution < 1.29 is 18.7 Å². The van der Waals surface area contributed by atoms with Crippen LogP contribution in [0.4, 0.5) is 20.3 Å². The van der Waals surface area contributed by atoms with Crippen molar-refractivity contribution in [2.75, 3.05) is 42.5 Å². The zero-order valence-corrected chi connectivity index (χ0v) is 18.0. The van der Waals surface area contributed by atoms with E-state index in [0.29, 0.717) is 36.1 Å². The van der Waals surface area contributed by atoms with Crippen LogP contribution in [0.3, 0.4) is 0 Å². The molecule has 6 nitrogen and oxygen atoms in total. The average Bonchev–Trinajstić information content (AvgIpc) is 3.26. The van der Waals surface area contributed by atoms with Gasteiger partial charge < -0.3 is 20.2 Å². The molecular formula is C25H24F2N4O2. The number of nitrogens with one attached hydrogen (secondary N) is 1. The number of halogens is 2. The quantitative estimate of drug-likeness (QED) is 0.630. The van der Waals surface area contributed by atoms with Gasteiger partial charge >= 0.3 is 0 Å². The van der Waals surface area contributed by atoms with E-state index in [1.807, 2.05) is 6.07 Å². The third-order valence-corrected chi connectivity index (χ3v) is 6.20. The number of phenols is 1. The van der Waals surface area contributed by atoms with E-state index in [0.717, 1.165) is 32.0 Å². The standard InChI is InChI=1S/C25H24F2N4O2/c26-18-14-19(16-3-4-22(21(27)12-16)31-9-1-2-24(31)32)25(33)20(15-18)17-5-6-29-23(13-17)30-10-7-28-8-11-30/h3-6,12-15,28,33H,1-2,7-11H2. The van der Waals surface area contributed by atoms with Gasteiger partial charge in [0.05, 0.1) is 5.69 Å². The topological polar surface area (TPSA) is 68.7 Å². The second kappa shape index (κ2) is 8.78. The first-order valence-electron chi connectivity index (χ1n) is 11.1. The SMILES string of the molecule is O=C1CCCN1c1ccc(-c2cc(F)cc(-c3ccnc(N4CCNCC4)c3)c2O)cc1F. The number of benzene rings is 2. The van der Waals surface area contributed by atoms with Crippen molar-refractivity contribution in [2.24, 2.45) is 0 Å². The molecule has 1 amide bonds. The Kier molecular flexibility index (Phi) is 5.68. The van der Waals surface area contributed by atoms with Crippen molar-refractivity contribution in [3.05, 3.63) is 60.3 Å². The van der Waals surface area contributed by atoms with Gasteiger partial charge in [-0.05, 0) is 53.9 Å². The summed E-state index contributed by atoms with van der Waals surface area (Å²) in [4.78, 5) is 20.0.